The quantitative estimate of drug-likeness (QED) is 0.638. The van der Waals surface area contributed by atoms with E-state index in [9.17, 15) is 0 Å². The highest BCUT2D eigenvalue weighted by molar-refractivity contribution is 7.99. The molecule has 0 aromatic carbocycles. The molecule has 1 saturated heterocycles. The van der Waals surface area contributed by atoms with Gasteiger partial charge >= 0.3 is 0 Å². The number of nitrogens with zero attached hydrogens (tertiary/aromatic N) is 4. The van der Waals surface area contributed by atoms with E-state index in [-0.39, 0.29) is 6.10 Å². The molecule has 1 unspecified atom stereocenters. The van der Waals surface area contributed by atoms with E-state index in [2.05, 4.69) is 25.4 Å². The van der Waals surface area contributed by atoms with Gasteiger partial charge in [-0.05, 0) is 42.8 Å². The molecule has 1 atom stereocenters. The molecule has 0 bridgehead atoms. The zero-order chi connectivity index (χ0) is 16.9. The molecule has 4 heterocycles. The fourth-order valence-corrected chi connectivity index (χ4v) is 3.17. The van der Waals surface area contributed by atoms with Crippen molar-refractivity contribution in [3.05, 3.63) is 48.1 Å². The van der Waals surface area contributed by atoms with E-state index in [1.807, 2.05) is 12.1 Å². The average Bonchev–Trinajstić information content (AvgIpc) is 3.37. The molecule has 0 amide bonds. The van der Waals surface area contributed by atoms with E-state index in [0.29, 0.717) is 30.0 Å². The lowest BCUT2D eigenvalue weighted by atomic mass is 10.2. The van der Waals surface area contributed by atoms with Crippen LogP contribution >= 0.6 is 11.8 Å². The molecule has 8 nitrogen and oxygen atoms in total. The summed E-state index contributed by atoms with van der Waals surface area (Å²) in [6.45, 7) is 1.83. The minimum atomic E-state index is -0.0499. The largest absolute Gasteiger partial charge is 0.453 e. The van der Waals surface area contributed by atoms with Gasteiger partial charge in [-0.15, -0.1) is 0 Å². The van der Waals surface area contributed by atoms with Crippen LogP contribution in [0.4, 0.5) is 0 Å². The zero-order valence-electron chi connectivity index (χ0n) is 13.4. The average molecular weight is 359 g/mol. The first-order valence-corrected chi connectivity index (χ1v) is 8.87. The van der Waals surface area contributed by atoms with E-state index >= 15 is 0 Å². The summed E-state index contributed by atoms with van der Waals surface area (Å²) in [5, 5.41) is 8.62. The van der Waals surface area contributed by atoms with Gasteiger partial charge in [-0.1, -0.05) is 5.16 Å². The zero-order valence-corrected chi connectivity index (χ0v) is 14.2. The third-order valence-electron chi connectivity index (χ3n) is 3.64. The Hall–Kier alpha value is -2.23. The molecule has 4 rings (SSSR count). The Morgan fingerprint density at radius 3 is 2.96 bits per heavy atom. The summed E-state index contributed by atoms with van der Waals surface area (Å²) in [7, 11) is 0. The Kier molecular flexibility index (Phi) is 5.05. The maximum Gasteiger partial charge on any atom is 0.255 e. The molecule has 1 N–H and O–H groups in total. The van der Waals surface area contributed by atoms with Crippen LogP contribution in [-0.4, -0.2) is 26.7 Å². The summed E-state index contributed by atoms with van der Waals surface area (Å²) in [5.41, 5.74) is 0. The van der Waals surface area contributed by atoms with Crippen LogP contribution in [0.2, 0.25) is 0 Å². The minimum absolute atomic E-state index is 0.0499. The molecule has 0 spiro atoms. The van der Waals surface area contributed by atoms with Gasteiger partial charge in [0, 0.05) is 19.0 Å². The summed E-state index contributed by atoms with van der Waals surface area (Å²) in [4.78, 5) is 12.7. The minimum Gasteiger partial charge on any atom is -0.453 e. The van der Waals surface area contributed by atoms with Gasteiger partial charge in [0.15, 0.2) is 16.1 Å². The molecule has 1 fully saturated rings. The Balaban J connectivity index is 1.26. The first kappa shape index (κ1) is 16.2. The highest BCUT2D eigenvalue weighted by Gasteiger charge is 2.23. The number of furan rings is 1. The fraction of sp³-hybridized carbons (Fsp3) is 0.375. The van der Waals surface area contributed by atoms with E-state index < -0.39 is 0 Å². The van der Waals surface area contributed by atoms with Gasteiger partial charge in [0.05, 0.1) is 13.1 Å². The summed E-state index contributed by atoms with van der Waals surface area (Å²) in [6.07, 6.45) is 5.33. The third kappa shape index (κ3) is 4.25. The molecule has 3 aromatic rings. The van der Waals surface area contributed by atoms with Gasteiger partial charge in [-0.25, -0.2) is 9.97 Å². The SMILES string of the molecule is c1cnc(Sc2ccc(CNCc3noc(C4CCCO4)n3)o2)nc1. The van der Waals surface area contributed by atoms with Crippen molar-refractivity contribution in [1.29, 1.82) is 0 Å². The van der Waals surface area contributed by atoms with Gasteiger partial charge in [-0.3, -0.25) is 0 Å². The molecule has 25 heavy (non-hydrogen) atoms. The van der Waals surface area contributed by atoms with Crippen molar-refractivity contribution < 1.29 is 13.7 Å². The molecular weight excluding hydrogens is 342 g/mol. The summed E-state index contributed by atoms with van der Waals surface area (Å²) in [5.74, 6) is 2.00. The number of hydrogen-bond donors (Lipinski definition) is 1. The molecular formula is C16H17N5O3S. The molecule has 0 radical (unpaired) electrons. The first-order chi connectivity index (χ1) is 12.4. The molecule has 9 heteroatoms. The molecule has 1 aliphatic rings. The van der Waals surface area contributed by atoms with Gasteiger partial charge < -0.3 is 19.0 Å². The van der Waals surface area contributed by atoms with E-state index in [4.69, 9.17) is 13.7 Å². The van der Waals surface area contributed by atoms with Crippen LogP contribution in [0, 0.1) is 0 Å². The first-order valence-electron chi connectivity index (χ1n) is 8.05. The fourth-order valence-electron chi connectivity index (χ4n) is 2.48. The van der Waals surface area contributed by atoms with E-state index in [1.165, 1.54) is 11.8 Å². The van der Waals surface area contributed by atoms with Crippen LogP contribution < -0.4 is 5.32 Å². The number of nitrogens with one attached hydrogen (secondary N) is 1. The molecule has 130 valence electrons. The predicted octanol–water partition coefficient (Wildman–Crippen LogP) is 2.75. The van der Waals surface area contributed by atoms with Crippen molar-refractivity contribution >= 4 is 11.8 Å². The van der Waals surface area contributed by atoms with Crippen molar-refractivity contribution in [2.45, 2.75) is 42.3 Å². The Morgan fingerprint density at radius 2 is 2.12 bits per heavy atom. The van der Waals surface area contributed by atoms with Gasteiger partial charge in [0.25, 0.3) is 5.89 Å². The van der Waals surface area contributed by atoms with Crippen LogP contribution in [0.25, 0.3) is 0 Å². The van der Waals surface area contributed by atoms with Crippen molar-refractivity contribution in [2.75, 3.05) is 6.61 Å². The number of rotatable bonds is 7. The maximum atomic E-state index is 5.75. The summed E-state index contributed by atoms with van der Waals surface area (Å²) < 4.78 is 16.5. The van der Waals surface area contributed by atoms with Gasteiger partial charge in [-0.2, -0.15) is 4.98 Å². The van der Waals surface area contributed by atoms with E-state index in [0.717, 1.165) is 30.3 Å². The van der Waals surface area contributed by atoms with Crippen molar-refractivity contribution in [3.8, 4) is 0 Å². The van der Waals surface area contributed by atoms with Crippen molar-refractivity contribution in [2.24, 2.45) is 0 Å². The lowest BCUT2D eigenvalue weighted by Crippen LogP contribution is -2.13. The second kappa shape index (κ2) is 7.77. The van der Waals surface area contributed by atoms with Crippen LogP contribution in [-0.2, 0) is 17.8 Å². The normalized spacial score (nSPS) is 17.2. The molecule has 0 saturated carbocycles. The second-order valence-electron chi connectivity index (χ2n) is 5.51. The van der Waals surface area contributed by atoms with Gasteiger partial charge in [0.2, 0.25) is 0 Å². The molecule has 1 aliphatic heterocycles. The number of aromatic nitrogens is 4. The standard InChI is InChI=1S/C16H17N5O3S/c1-3-12(22-8-1)15-20-13(21-24-15)10-17-9-11-4-5-14(23-11)25-16-18-6-2-7-19-16/h2,4-7,12,17H,1,3,8-10H2. The summed E-state index contributed by atoms with van der Waals surface area (Å²) >= 11 is 1.39. The van der Waals surface area contributed by atoms with Crippen LogP contribution in [0.3, 0.4) is 0 Å². The number of hydrogen-bond acceptors (Lipinski definition) is 9. The van der Waals surface area contributed by atoms with Crippen LogP contribution in [0.1, 0.15) is 36.4 Å². The van der Waals surface area contributed by atoms with E-state index in [1.54, 1.807) is 18.5 Å². The Morgan fingerprint density at radius 1 is 1.20 bits per heavy atom. The molecule has 3 aromatic heterocycles. The Bertz CT molecular complexity index is 801. The van der Waals surface area contributed by atoms with Crippen LogP contribution in [0.15, 0.2) is 49.8 Å². The van der Waals surface area contributed by atoms with Gasteiger partial charge in [0.1, 0.15) is 11.9 Å². The topological polar surface area (TPSA) is 99.1 Å². The monoisotopic (exact) mass is 359 g/mol. The lowest BCUT2D eigenvalue weighted by Gasteiger charge is -2.01. The predicted molar refractivity (Wildman–Crippen MR) is 87.6 cm³/mol. The van der Waals surface area contributed by atoms with Crippen molar-refractivity contribution in [3.63, 3.8) is 0 Å². The van der Waals surface area contributed by atoms with Crippen LogP contribution in [0.5, 0.6) is 0 Å². The number of ether oxygens (including phenoxy) is 1. The highest BCUT2D eigenvalue weighted by Crippen LogP contribution is 2.27. The van der Waals surface area contributed by atoms with Crippen molar-refractivity contribution in [1.82, 2.24) is 25.4 Å². The smallest absolute Gasteiger partial charge is 0.255 e. The summed E-state index contributed by atoms with van der Waals surface area (Å²) in [6, 6.07) is 5.61. The third-order valence-corrected chi connectivity index (χ3v) is 4.46. The Labute approximate surface area is 148 Å². The highest BCUT2D eigenvalue weighted by atomic mass is 32.2. The second-order valence-corrected chi connectivity index (χ2v) is 6.48. The maximum absolute atomic E-state index is 5.75. The molecule has 0 aliphatic carbocycles. The lowest BCUT2D eigenvalue weighted by molar-refractivity contribution is 0.0835.